The minimum atomic E-state index is -0.456. The van der Waals surface area contributed by atoms with Gasteiger partial charge in [-0.1, -0.05) is 25.1 Å². The lowest BCUT2D eigenvalue weighted by Gasteiger charge is -2.24. The monoisotopic (exact) mass is 369 g/mol. The van der Waals surface area contributed by atoms with Crippen molar-refractivity contribution in [3.8, 4) is 0 Å². The van der Waals surface area contributed by atoms with E-state index in [0.717, 1.165) is 24.2 Å². The zero-order valence-electron chi connectivity index (χ0n) is 15.6. The first-order valence-electron chi connectivity index (χ1n) is 9.11. The van der Waals surface area contributed by atoms with Gasteiger partial charge in [0.05, 0.1) is 18.0 Å². The van der Waals surface area contributed by atoms with Crippen LogP contribution in [0, 0.1) is 5.82 Å². The molecule has 2 aromatic carbocycles. The van der Waals surface area contributed by atoms with Gasteiger partial charge < -0.3 is 15.0 Å². The molecule has 3 rings (SSSR count). The molecule has 1 unspecified atom stereocenters. The fourth-order valence-electron chi connectivity index (χ4n) is 3.20. The van der Waals surface area contributed by atoms with Gasteiger partial charge in [-0.25, -0.2) is 4.39 Å². The van der Waals surface area contributed by atoms with Gasteiger partial charge in [-0.3, -0.25) is 9.79 Å². The van der Waals surface area contributed by atoms with E-state index in [1.54, 1.807) is 25.5 Å². The molecule has 1 aliphatic heterocycles. The molecule has 6 heteroatoms. The predicted molar refractivity (Wildman–Crippen MR) is 107 cm³/mol. The van der Waals surface area contributed by atoms with E-state index in [-0.39, 0.29) is 11.7 Å². The molecule has 1 heterocycles. The third-order valence-electron chi connectivity index (χ3n) is 4.54. The molecule has 0 radical (unpaired) electrons. The van der Waals surface area contributed by atoms with Gasteiger partial charge in [-0.15, -0.1) is 0 Å². The number of hydrogen-bond acceptors (Lipinski definition) is 4. The number of methoxy groups -OCH3 is 1. The van der Waals surface area contributed by atoms with Crippen LogP contribution in [0.4, 0.5) is 21.5 Å². The van der Waals surface area contributed by atoms with E-state index < -0.39 is 5.92 Å². The van der Waals surface area contributed by atoms with Crippen molar-refractivity contribution in [1.82, 2.24) is 0 Å². The Morgan fingerprint density at radius 1 is 1.26 bits per heavy atom. The van der Waals surface area contributed by atoms with Crippen molar-refractivity contribution >= 4 is 29.2 Å². The maximum Gasteiger partial charge on any atom is 0.237 e. The number of nitrogens with one attached hydrogen (secondary N) is 1. The first kappa shape index (κ1) is 19.0. The predicted octanol–water partition coefficient (Wildman–Crippen LogP) is 4.13. The Bertz CT molecular complexity index is 838. The number of rotatable bonds is 8. The smallest absolute Gasteiger partial charge is 0.237 e. The summed E-state index contributed by atoms with van der Waals surface area (Å²) < 4.78 is 19.7. The van der Waals surface area contributed by atoms with Gasteiger partial charge in [0, 0.05) is 38.2 Å². The van der Waals surface area contributed by atoms with Crippen LogP contribution in [-0.4, -0.2) is 38.9 Å². The van der Waals surface area contributed by atoms with Crippen LogP contribution in [0.15, 0.2) is 47.5 Å². The van der Waals surface area contributed by atoms with Crippen LogP contribution >= 0.6 is 0 Å². The fourth-order valence-corrected chi connectivity index (χ4v) is 3.20. The Labute approximate surface area is 158 Å². The number of ether oxygens (including phenoxy) is 1. The molecule has 0 spiro atoms. The van der Waals surface area contributed by atoms with Crippen LogP contribution < -0.4 is 10.2 Å². The summed E-state index contributed by atoms with van der Waals surface area (Å²) in [7, 11) is 1.63. The number of fused-ring (bicyclic) bond motifs is 1. The molecule has 1 N–H and O–H groups in total. The molecule has 0 fully saturated rings. The van der Waals surface area contributed by atoms with Crippen molar-refractivity contribution in [2.45, 2.75) is 19.3 Å². The Hall–Kier alpha value is -2.73. The lowest BCUT2D eigenvalue weighted by atomic mass is 10.0. The molecule has 0 saturated heterocycles. The van der Waals surface area contributed by atoms with Gasteiger partial charge in [0.1, 0.15) is 11.7 Å². The minimum Gasteiger partial charge on any atom is -0.383 e. The van der Waals surface area contributed by atoms with Gasteiger partial charge >= 0.3 is 0 Å². The molecule has 1 amide bonds. The number of amides is 1. The minimum absolute atomic E-state index is 0.120. The molecule has 2 aromatic rings. The van der Waals surface area contributed by atoms with Gasteiger partial charge in [-0.05, 0) is 30.2 Å². The molecule has 1 atom stereocenters. The van der Waals surface area contributed by atoms with Crippen LogP contribution in [0.2, 0.25) is 0 Å². The molecular weight excluding hydrogens is 345 g/mol. The average Bonchev–Trinajstić information content (AvgIpc) is 2.99. The molecule has 142 valence electrons. The molecule has 0 aromatic heterocycles. The van der Waals surface area contributed by atoms with E-state index in [4.69, 9.17) is 4.74 Å². The Kier molecular flexibility index (Phi) is 6.19. The topological polar surface area (TPSA) is 53.9 Å². The summed E-state index contributed by atoms with van der Waals surface area (Å²) in [5, 5.41) is 2.83. The second kappa shape index (κ2) is 8.77. The van der Waals surface area contributed by atoms with E-state index in [2.05, 4.69) is 17.2 Å². The van der Waals surface area contributed by atoms with Crippen molar-refractivity contribution in [3.63, 3.8) is 0 Å². The maximum atomic E-state index is 14.6. The molecule has 5 nitrogen and oxygen atoms in total. The lowest BCUT2D eigenvalue weighted by Crippen LogP contribution is -2.28. The highest BCUT2D eigenvalue weighted by atomic mass is 19.1. The Morgan fingerprint density at radius 3 is 2.81 bits per heavy atom. The maximum absolute atomic E-state index is 14.6. The number of anilines is 2. The molecule has 0 saturated carbocycles. The van der Waals surface area contributed by atoms with Crippen LogP contribution in [0.3, 0.4) is 0 Å². The standard InChI is InChI=1S/C21H24FN3O2/c1-3-10-25(11-12-27-2)20-9-8-15(13-18(20)22)23-14-17-16-6-4-5-7-19(16)24-21(17)26/h4-9,13-14,17H,3,10-12H2,1-2H3,(H,24,26). The second-order valence-electron chi connectivity index (χ2n) is 6.45. The summed E-state index contributed by atoms with van der Waals surface area (Å²) in [6.07, 6.45) is 2.49. The largest absolute Gasteiger partial charge is 0.383 e. The Morgan fingerprint density at radius 2 is 2.07 bits per heavy atom. The summed E-state index contributed by atoms with van der Waals surface area (Å²) in [5.74, 6) is -0.904. The van der Waals surface area contributed by atoms with Crippen molar-refractivity contribution in [2.75, 3.05) is 37.0 Å². The van der Waals surface area contributed by atoms with Crippen molar-refractivity contribution in [3.05, 3.63) is 53.8 Å². The van der Waals surface area contributed by atoms with E-state index in [1.165, 1.54) is 6.07 Å². The summed E-state index contributed by atoms with van der Waals surface area (Å²) in [6.45, 7) is 3.97. The molecular formula is C21H24FN3O2. The zero-order valence-corrected chi connectivity index (χ0v) is 15.6. The van der Waals surface area contributed by atoms with Crippen LogP contribution in [0.5, 0.6) is 0 Å². The number of hydrogen-bond donors (Lipinski definition) is 1. The molecule has 27 heavy (non-hydrogen) atoms. The number of carbonyl (C=O) groups is 1. The number of carbonyl (C=O) groups excluding carboxylic acids is 1. The zero-order chi connectivity index (χ0) is 19.2. The summed E-state index contributed by atoms with van der Waals surface area (Å²) >= 11 is 0. The van der Waals surface area contributed by atoms with Gasteiger partial charge in [0.15, 0.2) is 0 Å². The van der Waals surface area contributed by atoms with Crippen molar-refractivity contribution < 1.29 is 13.9 Å². The summed E-state index contributed by atoms with van der Waals surface area (Å²) in [5.41, 5.74) is 2.71. The third-order valence-corrected chi connectivity index (χ3v) is 4.54. The fraction of sp³-hybridized carbons (Fsp3) is 0.333. The first-order valence-corrected chi connectivity index (χ1v) is 9.11. The van der Waals surface area contributed by atoms with E-state index >= 15 is 0 Å². The number of aliphatic imine (C=N–C) groups is 1. The highest BCUT2D eigenvalue weighted by molar-refractivity contribution is 6.12. The van der Waals surface area contributed by atoms with Gasteiger partial charge in [0.2, 0.25) is 5.91 Å². The summed E-state index contributed by atoms with van der Waals surface area (Å²) in [6, 6.07) is 12.4. The van der Waals surface area contributed by atoms with E-state index in [0.29, 0.717) is 24.5 Å². The number of halogens is 1. The second-order valence-corrected chi connectivity index (χ2v) is 6.45. The highest BCUT2D eigenvalue weighted by Crippen LogP contribution is 2.32. The molecule has 1 aliphatic rings. The number of benzene rings is 2. The van der Waals surface area contributed by atoms with Crippen LogP contribution in [0.1, 0.15) is 24.8 Å². The first-order chi connectivity index (χ1) is 13.1. The number of para-hydroxylation sites is 1. The van der Waals surface area contributed by atoms with Crippen LogP contribution in [-0.2, 0) is 9.53 Å². The van der Waals surface area contributed by atoms with E-state index in [1.807, 2.05) is 29.2 Å². The lowest BCUT2D eigenvalue weighted by molar-refractivity contribution is -0.115. The van der Waals surface area contributed by atoms with Crippen molar-refractivity contribution in [1.29, 1.82) is 0 Å². The van der Waals surface area contributed by atoms with E-state index in [9.17, 15) is 9.18 Å². The van der Waals surface area contributed by atoms with Crippen LogP contribution in [0.25, 0.3) is 0 Å². The quantitative estimate of drug-likeness (QED) is 0.712. The summed E-state index contributed by atoms with van der Waals surface area (Å²) in [4.78, 5) is 18.4. The SMILES string of the molecule is CCCN(CCOC)c1ccc(N=CC2C(=O)Nc3ccccc32)cc1F. The normalized spacial score (nSPS) is 15.8. The van der Waals surface area contributed by atoms with Crippen molar-refractivity contribution in [2.24, 2.45) is 4.99 Å². The molecule has 0 bridgehead atoms. The molecule has 0 aliphatic carbocycles. The number of nitrogens with zero attached hydrogens (tertiary/aromatic N) is 2. The highest BCUT2D eigenvalue weighted by Gasteiger charge is 2.28. The average molecular weight is 369 g/mol. The third kappa shape index (κ3) is 4.34. The Balaban J connectivity index is 1.77. The van der Waals surface area contributed by atoms with Gasteiger partial charge in [0.25, 0.3) is 0 Å². The van der Waals surface area contributed by atoms with Gasteiger partial charge in [-0.2, -0.15) is 0 Å².